The molecular formula is C15H20N2O3. The maximum absolute atomic E-state index is 12.7. The summed E-state index contributed by atoms with van der Waals surface area (Å²) >= 11 is 0. The fourth-order valence-corrected chi connectivity index (χ4v) is 3.05. The van der Waals surface area contributed by atoms with E-state index in [0.717, 1.165) is 11.3 Å². The van der Waals surface area contributed by atoms with Gasteiger partial charge in [0.05, 0.1) is 24.7 Å². The van der Waals surface area contributed by atoms with E-state index in [-0.39, 0.29) is 17.9 Å². The van der Waals surface area contributed by atoms with E-state index in [1.165, 1.54) is 0 Å². The second-order valence-corrected chi connectivity index (χ2v) is 5.47. The molecule has 1 aromatic rings. The van der Waals surface area contributed by atoms with Gasteiger partial charge in [-0.15, -0.1) is 0 Å². The van der Waals surface area contributed by atoms with Crippen LogP contribution in [0.5, 0.6) is 5.75 Å². The molecule has 1 unspecified atom stereocenters. The normalized spacial score (nSPS) is 28.6. The van der Waals surface area contributed by atoms with E-state index in [0.29, 0.717) is 26.1 Å². The summed E-state index contributed by atoms with van der Waals surface area (Å²) in [6.07, 6.45) is 0.204. The van der Waals surface area contributed by atoms with Crippen LogP contribution in [0.25, 0.3) is 0 Å². The van der Waals surface area contributed by atoms with Crippen LogP contribution in [0.1, 0.15) is 17.9 Å². The van der Waals surface area contributed by atoms with Gasteiger partial charge in [0.2, 0.25) is 5.91 Å². The minimum Gasteiger partial charge on any atom is -0.493 e. The highest BCUT2D eigenvalue weighted by Crippen LogP contribution is 2.34. The highest BCUT2D eigenvalue weighted by molar-refractivity contribution is 5.85. The SMILES string of the molecule is CN(C(=O)C1CCOc2ccccc21)[C@H]1CNC[C@@H]1O. The lowest BCUT2D eigenvalue weighted by Crippen LogP contribution is -2.46. The summed E-state index contributed by atoms with van der Waals surface area (Å²) in [4.78, 5) is 14.4. The number of benzene rings is 1. The first-order chi connectivity index (χ1) is 9.68. The number of nitrogens with zero attached hydrogens (tertiary/aromatic N) is 1. The summed E-state index contributed by atoms with van der Waals surface area (Å²) in [6, 6.07) is 7.56. The molecule has 0 bridgehead atoms. The number of para-hydroxylation sites is 1. The summed E-state index contributed by atoms with van der Waals surface area (Å²) < 4.78 is 5.60. The first-order valence-electron chi connectivity index (χ1n) is 7.05. The monoisotopic (exact) mass is 276 g/mol. The number of carbonyl (C=O) groups excluding carboxylic acids is 1. The number of rotatable bonds is 2. The summed E-state index contributed by atoms with van der Waals surface area (Å²) in [5.41, 5.74) is 0.955. The second kappa shape index (κ2) is 5.42. The standard InChI is InChI=1S/C15H20N2O3/c1-17(12-8-16-9-13(12)18)15(19)11-6-7-20-14-5-3-2-4-10(11)14/h2-5,11-13,16,18H,6-9H2,1H3/t11?,12-,13-/m0/s1. The zero-order valence-electron chi connectivity index (χ0n) is 11.6. The molecule has 1 amide bonds. The minimum atomic E-state index is -0.487. The van der Waals surface area contributed by atoms with Crippen LogP contribution in [0.3, 0.4) is 0 Å². The number of carbonyl (C=O) groups is 1. The van der Waals surface area contributed by atoms with E-state index in [1.54, 1.807) is 11.9 Å². The fourth-order valence-electron chi connectivity index (χ4n) is 3.05. The van der Waals surface area contributed by atoms with Gasteiger partial charge in [-0.25, -0.2) is 0 Å². The molecule has 2 aliphatic rings. The molecule has 3 rings (SSSR count). The predicted octanol–water partition coefficient (Wildman–Crippen LogP) is 0.344. The minimum absolute atomic E-state index is 0.0634. The van der Waals surface area contributed by atoms with Crippen LogP contribution in [-0.4, -0.2) is 54.8 Å². The van der Waals surface area contributed by atoms with Crippen molar-refractivity contribution in [2.45, 2.75) is 24.5 Å². The van der Waals surface area contributed by atoms with Gasteiger partial charge >= 0.3 is 0 Å². The van der Waals surface area contributed by atoms with Gasteiger partial charge in [-0.1, -0.05) is 18.2 Å². The maximum Gasteiger partial charge on any atom is 0.230 e. The van der Waals surface area contributed by atoms with E-state index in [1.807, 2.05) is 24.3 Å². The molecule has 1 aromatic carbocycles. The number of amides is 1. The summed E-state index contributed by atoms with van der Waals surface area (Å²) in [5.74, 6) is 0.696. The molecule has 1 saturated heterocycles. The van der Waals surface area contributed by atoms with Gasteiger partial charge in [0.1, 0.15) is 5.75 Å². The topological polar surface area (TPSA) is 61.8 Å². The van der Waals surface area contributed by atoms with Crippen LogP contribution in [0.4, 0.5) is 0 Å². The van der Waals surface area contributed by atoms with Gasteiger partial charge in [-0.3, -0.25) is 4.79 Å². The van der Waals surface area contributed by atoms with Crippen molar-refractivity contribution in [2.75, 3.05) is 26.7 Å². The van der Waals surface area contributed by atoms with Crippen LogP contribution < -0.4 is 10.1 Å². The molecule has 0 radical (unpaired) electrons. The highest BCUT2D eigenvalue weighted by atomic mass is 16.5. The third-order valence-corrected chi connectivity index (χ3v) is 4.25. The summed E-state index contributed by atoms with van der Waals surface area (Å²) in [7, 11) is 1.78. The molecule has 20 heavy (non-hydrogen) atoms. The van der Waals surface area contributed by atoms with Gasteiger partial charge in [0.25, 0.3) is 0 Å². The average Bonchev–Trinajstić information content (AvgIpc) is 2.91. The lowest BCUT2D eigenvalue weighted by Gasteiger charge is -2.32. The molecular weight excluding hydrogens is 256 g/mol. The molecule has 0 spiro atoms. The van der Waals surface area contributed by atoms with E-state index in [9.17, 15) is 9.90 Å². The molecule has 5 nitrogen and oxygen atoms in total. The number of fused-ring (bicyclic) bond motifs is 1. The molecule has 5 heteroatoms. The fraction of sp³-hybridized carbons (Fsp3) is 0.533. The van der Waals surface area contributed by atoms with Crippen molar-refractivity contribution in [1.29, 1.82) is 0 Å². The lowest BCUT2D eigenvalue weighted by molar-refractivity contribution is -0.135. The zero-order valence-corrected chi connectivity index (χ0v) is 11.6. The number of hydrogen-bond acceptors (Lipinski definition) is 4. The largest absolute Gasteiger partial charge is 0.493 e. The van der Waals surface area contributed by atoms with Gasteiger partial charge in [-0.05, 0) is 12.5 Å². The molecule has 3 atom stereocenters. The number of hydrogen-bond donors (Lipinski definition) is 2. The Bertz CT molecular complexity index is 506. The van der Waals surface area contributed by atoms with Crippen molar-refractivity contribution in [2.24, 2.45) is 0 Å². The van der Waals surface area contributed by atoms with Crippen LogP contribution in [0.15, 0.2) is 24.3 Å². The number of nitrogens with one attached hydrogen (secondary N) is 1. The van der Waals surface area contributed by atoms with Crippen molar-refractivity contribution in [3.05, 3.63) is 29.8 Å². The van der Waals surface area contributed by atoms with Gasteiger partial charge in [-0.2, -0.15) is 0 Å². The smallest absolute Gasteiger partial charge is 0.230 e. The summed E-state index contributed by atoms with van der Waals surface area (Å²) in [6.45, 7) is 1.76. The van der Waals surface area contributed by atoms with Crippen LogP contribution in [-0.2, 0) is 4.79 Å². The van der Waals surface area contributed by atoms with Gasteiger partial charge in [0.15, 0.2) is 0 Å². The van der Waals surface area contributed by atoms with E-state index in [4.69, 9.17) is 4.74 Å². The number of aliphatic hydroxyl groups excluding tert-OH is 1. The van der Waals surface area contributed by atoms with Crippen molar-refractivity contribution in [3.63, 3.8) is 0 Å². The average molecular weight is 276 g/mol. The Hall–Kier alpha value is -1.59. The summed E-state index contributed by atoms with van der Waals surface area (Å²) in [5, 5.41) is 13.0. The molecule has 2 heterocycles. The first-order valence-corrected chi connectivity index (χ1v) is 7.05. The molecule has 2 aliphatic heterocycles. The van der Waals surface area contributed by atoms with Crippen molar-refractivity contribution in [1.82, 2.24) is 10.2 Å². The van der Waals surface area contributed by atoms with Crippen molar-refractivity contribution < 1.29 is 14.6 Å². The predicted molar refractivity (Wildman–Crippen MR) is 74.7 cm³/mol. The Balaban J connectivity index is 1.81. The van der Waals surface area contributed by atoms with Gasteiger partial charge < -0.3 is 20.1 Å². The molecule has 0 aromatic heterocycles. The third-order valence-electron chi connectivity index (χ3n) is 4.25. The van der Waals surface area contributed by atoms with Crippen molar-refractivity contribution in [3.8, 4) is 5.75 Å². The second-order valence-electron chi connectivity index (χ2n) is 5.47. The van der Waals surface area contributed by atoms with Crippen LogP contribution >= 0.6 is 0 Å². The number of ether oxygens (including phenoxy) is 1. The molecule has 0 aliphatic carbocycles. The Morgan fingerprint density at radius 3 is 2.95 bits per heavy atom. The maximum atomic E-state index is 12.7. The Morgan fingerprint density at radius 1 is 1.40 bits per heavy atom. The van der Waals surface area contributed by atoms with Crippen molar-refractivity contribution >= 4 is 5.91 Å². The van der Waals surface area contributed by atoms with Crippen LogP contribution in [0, 0.1) is 0 Å². The molecule has 2 N–H and O–H groups in total. The number of β-amino-alcohol motifs (C(OH)–C–C–N with tert-alkyl or cyclic N) is 1. The van der Waals surface area contributed by atoms with E-state index >= 15 is 0 Å². The molecule has 1 fully saturated rings. The first kappa shape index (κ1) is 13.4. The van der Waals surface area contributed by atoms with E-state index < -0.39 is 6.10 Å². The molecule has 108 valence electrons. The van der Waals surface area contributed by atoms with Crippen LogP contribution in [0.2, 0.25) is 0 Å². The third kappa shape index (κ3) is 2.27. The number of aliphatic hydroxyl groups is 1. The Kier molecular flexibility index (Phi) is 3.63. The lowest BCUT2D eigenvalue weighted by atomic mass is 9.91. The van der Waals surface area contributed by atoms with E-state index in [2.05, 4.69) is 5.32 Å². The highest BCUT2D eigenvalue weighted by Gasteiger charge is 2.36. The quantitative estimate of drug-likeness (QED) is 0.818. The Labute approximate surface area is 118 Å². The molecule has 0 saturated carbocycles. The Morgan fingerprint density at radius 2 is 2.20 bits per heavy atom. The number of likely N-dealkylation sites (N-methyl/N-ethyl adjacent to an activating group) is 1. The van der Waals surface area contributed by atoms with Gasteiger partial charge in [0, 0.05) is 25.7 Å². The zero-order chi connectivity index (χ0) is 14.1.